The zero-order chi connectivity index (χ0) is 15.9. The normalized spacial score (nSPS) is 12.5. The van der Waals surface area contributed by atoms with Gasteiger partial charge in [0.15, 0.2) is 0 Å². The van der Waals surface area contributed by atoms with Crippen LogP contribution in [0.4, 0.5) is 8.78 Å². The van der Waals surface area contributed by atoms with Crippen molar-refractivity contribution in [3.63, 3.8) is 0 Å². The molecule has 0 radical (unpaired) electrons. The fraction of sp³-hybridized carbons (Fsp3) is 0.375. The van der Waals surface area contributed by atoms with Crippen molar-refractivity contribution in [2.45, 2.75) is 32.1 Å². The van der Waals surface area contributed by atoms with Crippen molar-refractivity contribution in [2.75, 3.05) is 0 Å². The van der Waals surface area contributed by atoms with Crippen LogP contribution in [0.25, 0.3) is 22.4 Å². The first-order valence-electron chi connectivity index (χ1n) is 7.05. The Balaban J connectivity index is 2.03. The third-order valence-electron chi connectivity index (χ3n) is 3.80. The van der Waals surface area contributed by atoms with E-state index in [9.17, 15) is 8.78 Å². The van der Waals surface area contributed by atoms with Crippen LogP contribution in [-0.2, 0) is 12.5 Å². The van der Waals surface area contributed by atoms with E-state index in [0.717, 1.165) is 16.5 Å². The number of para-hydroxylation sites is 1. The molecule has 0 aliphatic heterocycles. The summed E-state index contributed by atoms with van der Waals surface area (Å²) in [5.74, 6) is 0.588. The van der Waals surface area contributed by atoms with Gasteiger partial charge in [-0.3, -0.25) is 0 Å². The van der Waals surface area contributed by atoms with Crippen LogP contribution in [-0.4, -0.2) is 21.2 Å². The first-order chi connectivity index (χ1) is 10.4. The number of fused-ring (bicyclic) bond motifs is 1. The number of aryl methyl sites for hydroxylation is 1. The van der Waals surface area contributed by atoms with Gasteiger partial charge in [-0.05, 0) is 6.07 Å². The van der Waals surface area contributed by atoms with Crippen LogP contribution >= 0.6 is 0 Å². The molecule has 4 nitrogen and oxygen atoms in total. The first kappa shape index (κ1) is 14.7. The summed E-state index contributed by atoms with van der Waals surface area (Å²) >= 11 is 0. The smallest absolute Gasteiger partial charge is 0.249 e. The largest absolute Gasteiger partial charge is 0.420 e. The second-order valence-corrected chi connectivity index (χ2v) is 6.06. The second-order valence-electron chi connectivity index (χ2n) is 6.06. The summed E-state index contributed by atoms with van der Waals surface area (Å²) in [6.07, 6.45) is -0.824. The lowest BCUT2D eigenvalue weighted by atomic mass is 9.89. The van der Waals surface area contributed by atoms with E-state index >= 15 is 0 Å². The average Bonchev–Trinajstić information content (AvgIpc) is 3.03. The standard InChI is InChI=1S/C16H17F2N3O/c1-16(2,8-13(17)18)15-20-19-14(22-15)11-9-21(3)12-7-5-4-6-10(11)12/h4-7,9,13H,8H2,1-3H3. The zero-order valence-electron chi connectivity index (χ0n) is 12.7. The number of alkyl halides is 2. The summed E-state index contributed by atoms with van der Waals surface area (Å²) in [4.78, 5) is 0. The maximum absolute atomic E-state index is 12.7. The first-order valence-corrected chi connectivity index (χ1v) is 7.05. The molecule has 3 rings (SSSR count). The molecule has 2 heterocycles. The fourth-order valence-corrected chi connectivity index (χ4v) is 2.59. The van der Waals surface area contributed by atoms with E-state index in [0.29, 0.717) is 5.89 Å². The lowest BCUT2D eigenvalue weighted by molar-refractivity contribution is 0.104. The summed E-state index contributed by atoms with van der Waals surface area (Å²) in [6, 6.07) is 7.86. The van der Waals surface area contributed by atoms with Gasteiger partial charge in [0.2, 0.25) is 18.2 Å². The fourth-order valence-electron chi connectivity index (χ4n) is 2.59. The highest BCUT2D eigenvalue weighted by atomic mass is 19.3. The Morgan fingerprint density at radius 3 is 2.68 bits per heavy atom. The number of hydrogen-bond donors (Lipinski definition) is 0. The van der Waals surface area contributed by atoms with Gasteiger partial charge in [-0.15, -0.1) is 10.2 Å². The minimum atomic E-state index is -2.41. The van der Waals surface area contributed by atoms with Crippen molar-refractivity contribution in [3.8, 4) is 11.5 Å². The van der Waals surface area contributed by atoms with E-state index in [1.54, 1.807) is 13.8 Å². The van der Waals surface area contributed by atoms with Crippen LogP contribution in [0, 0.1) is 0 Å². The summed E-state index contributed by atoms with van der Waals surface area (Å²) in [5.41, 5.74) is 0.998. The molecule has 0 N–H and O–H groups in total. The van der Waals surface area contributed by atoms with Gasteiger partial charge in [0.05, 0.1) is 5.56 Å². The molecular formula is C16H17F2N3O. The van der Waals surface area contributed by atoms with E-state index in [1.165, 1.54) is 0 Å². The number of hydrogen-bond acceptors (Lipinski definition) is 3. The molecule has 116 valence electrons. The number of halogens is 2. The highest BCUT2D eigenvalue weighted by Crippen LogP contribution is 2.33. The summed E-state index contributed by atoms with van der Waals surface area (Å²) in [6.45, 7) is 3.36. The minimum Gasteiger partial charge on any atom is -0.420 e. The lowest BCUT2D eigenvalue weighted by Gasteiger charge is -2.18. The van der Waals surface area contributed by atoms with Gasteiger partial charge >= 0.3 is 0 Å². The number of rotatable bonds is 4. The predicted octanol–water partition coefficient (Wildman–Crippen LogP) is 4.16. The Morgan fingerprint density at radius 1 is 1.23 bits per heavy atom. The Bertz CT molecular complexity index is 805. The van der Waals surface area contributed by atoms with E-state index in [4.69, 9.17) is 4.42 Å². The SMILES string of the molecule is Cn1cc(-c2nnc(C(C)(C)CC(F)F)o2)c2ccccc21. The van der Waals surface area contributed by atoms with Gasteiger partial charge in [0.25, 0.3) is 0 Å². The van der Waals surface area contributed by atoms with Crippen molar-refractivity contribution in [2.24, 2.45) is 7.05 Å². The van der Waals surface area contributed by atoms with Gasteiger partial charge in [-0.1, -0.05) is 32.0 Å². The van der Waals surface area contributed by atoms with Gasteiger partial charge in [-0.25, -0.2) is 8.78 Å². The molecule has 0 aliphatic carbocycles. The molecule has 0 spiro atoms. The number of benzene rings is 1. The van der Waals surface area contributed by atoms with Crippen LogP contribution in [0.15, 0.2) is 34.9 Å². The lowest BCUT2D eigenvalue weighted by Crippen LogP contribution is -2.21. The van der Waals surface area contributed by atoms with E-state index < -0.39 is 11.8 Å². The highest BCUT2D eigenvalue weighted by Gasteiger charge is 2.31. The van der Waals surface area contributed by atoms with Crippen LogP contribution in [0.5, 0.6) is 0 Å². The van der Waals surface area contributed by atoms with Crippen LogP contribution in [0.1, 0.15) is 26.2 Å². The molecular weight excluding hydrogens is 288 g/mol. The van der Waals surface area contributed by atoms with Gasteiger partial charge in [0.1, 0.15) is 0 Å². The van der Waals surface area contributed by atoms with Crippen LogP contribution in [0.3, 0.4) is 0 Å². The third-order valence-corrected chi connectivity index (χ3v) is 3.80. The molecule has 22 heavy (non-hydrogen) atoms. The van der Waals surface area contributed by atoms with Crippen molar-refractivity contribution >= 4 is 10.9 Å². The Kier molecular flexibility index (Phi) is 3.47. The molecule has 0 amide bonds. The summed E-state index contributed by atoms with van der Waals surface area (Å²) < 4.78 is 33.0. The Labute approximate surface area is 126 Å². The molecule has 3 aromatic rings. The molecule has 0 aliphatic rings. The highest BCUT2D eigenvalue weighted by molar-refractivity contribution is 5.93. The zero-order valence-corrected chi connectivity index (χ0v) is 12.7. The molecule has 2 aromatic heterocycles. The second kappa shape index (κ2) is 5.19. The van der Waals surface area contributed by atoms with Gasteiger partial charge < -0.3 is 8.98 Å². The van der Waals surface area contributed by atoms with Crippen molar-refractivity contribution in [3.05, 3.63) is 36.4 Å². The molecule has 0 bridgehead atoms. The van der Waals surface area contributed by atoms with Gasteiger partial charge in [0, 0.05) is 36.0 Å². The topological polar surface area (TPSA) is 43.9 Å². The van der Waals surface area contributed by atoms with E-state index in [2.05, 4.69) is 10.2 Å². The summed E-state index contributed by atoms with van der Waals surface area (Å²) in [5, 5.41) is 9.02. The molecule has 0 fully saturated rings. The maximum Gasteiger partial charge on any atom is 0.249 e. The van der Waals surface area contributed by atoms with Crippen molar-refractivity contribution in [1.29, 1.82) is 0 Å². The monoisotopic (exact) mass is 305 g/mol. The third kappa shape index (κ3) is 2.49. The predicted molar refractivity (Wildman–Crippen MR) is 79.9 cm³/mol. The van der Waals surface area contributed by atoms with Crippen molar-refractivity contribution in [1.82, 2.24) is 14.8 Å². The molecule has 0 unspecified atom stereocenters. The number of nitrogens with zero attached hydrogens (tertiary/aromatic N) is 3. The molecule has 0 saturated carbocycles. The van der Waals surface area contributed by atoms with Crippen LogP contribution < -0.4 is 0 Å². The Hall–Kier alpha value is -2.24. The molecule has 0 saturated heterocycles. The molecule has 1 aromatic carbocycles. The summed E-state index contributed by atoms with van der Waals surface area (Å²) in [7, 11) is 1.93. The Morgan fingerprint density at radius 2 is 1.95 bits per heavy atom. The maximum atomic E-state index is 12.7. The average molecular weight is 305 g/mol. The van der Waals surface area contributed by atoms with E-state index in [-0.39, 0.29) is 12.3 Å². The number of aromatic nitrogens is 3. The quantitative estimate of drug-likeness (QED) is 0.727. The van der Waals surface area contributed by atoms with Gasteiger partial charge in [-0.2, -0.15) is 0 Å². The molecule has 0 atom stereocenters. The van der Waals surface area contributed by atoms with E-state index in [1.807, 2.05) is 42.1 Å². The van der Waals surface area contributed by atoms with Crippen LogP contribution in [0.2, 0.25) is 0 Å². The van der Waals surface area contributed by atoms with Crippen molar-refractivity contribution < 1.29 is 13.2 Å². The molecule has 6 heteroatoms. The minimum absolute atomic E-state index is 0.232.